The molecule has 0 saturated heterocycles. The van der Waals surface area contributed by atoms with E-state index in [0.29, 0.717) is 0 Å². The van der Waals surface area contributed by atoms with Gasteiger partial charge in [0.2, 0.25) is 0 Å². The molecule has 3 rings (SSSR count). The number of rotatable bonds is 0. The summed E-state index contributed by atoms with van der Waals surface area (Å²) in [5, 5.41) is 7.07. The Morgan fingerprint density at radius 2 is 2.15 bits per heavy atom. The van der Waals surface area contributed by atoms with Crippen molar-refractivity contribution >= 4 is 21.9 Å². The van der Waals surface area contributed by atoms with Gasteiger partial charge < -0.3 is 10.2 Å². The number of nitrogens with zero attached hydrogens (tertiary/aromatic N) is 2. The van der Waals surface area contributed by atoms with Gasteiger partial charge in [-0.1, -0.05) is 0 Å². The average molecular weight is 172 g/mol. The summed E-state index contributed by atoms with van der Waals surface area (Å²) in [5.41, 5.74) is 2.98. The molecule has 2 heterocycles. The molecule has 0 saturated carbocycles. The van der Waals surface area contributed by atoms with Gasteiger partial charge >= 0.3 is 0 Å². The maximum atomic E-state index is 4.36. The molecule has 64 valence electrons. The predicted molar refractivity (Wildman–Crippen MR) is 50.5 cm³/mol. The van der Waals surface area contributed by atoms with Crippen LogP contribution in [0.4, 0.5) is 0 Å². The van der Waals surface area contributed by atoms with Gasteiger partial charge in [-0.2, -0.15) is 0 Å². The molecule has 0 aliphatic carbocycles. The van der Waals surface area contributed by atoms with Gasteiger partial charge in [0.1, 0.15) is 11.3 Å². The monoisotopic (exact) mass is 172 g/mol. The smallest absolute Gasteiger partial charge is 0.126 e. The first-order valence-corrected chi connectivity index (χ1v) is 4.13. The van der Waals surface area contributed by atoms with Gasteiger partial charge in [0.05, 0.1) is 11.0 Å². The highest BCUT2D eigenvalue weighted by atomic mass is 15.1. The second-order valence-corrected chi connectivity index (χ2v) is 3.08. The number of hydrogen-bond donors (Lipinski definition) is 2. The molecule has 0 radical (unpaired) electrons. The highest BCUT2D eigenvalue weighted by Gasteiger charge is 2.05. The van der Waals surface area contributed by atoms with Gasteiger partial charge in [0.15, 0.2) is 0 Å². The third-order valence-corrected chi connectivity index (χ3v) is 2.17. The van der Waals surface area contributed by atoms with Gasteiger partial charge in [-0.3, -0.25) is 0 Å². The summed E-state index contributed by atoms with van der Waals surface area (Å²) < 4.78 is 0. The summed E-state index contributed by atoms with van der Waals surface area (Å²) in [5.74, 6) is 0.823. The van der Waals surface area contributed by atoms with Crippen molar-refractivity contribution in [1.82, 2.24) is 20.2 Å². The highest BCUT2D eigenvalue weighted by Crippen LogP contribution is 2.21. The standard InChI is InChI=1S/C9H8N4/c1-5-11-8-3-2-7-6(4-10-13-7)9(8)12-5/h2-4,10,13H,1H3. The van der Waals surface area contributed by atoms with Crippen LogP contribution in [0.2, 0.25) is 0 Å². The van der Waals surface area contributed by atoms with Crippen LogP contribution in [0, 0.1) is 6.92 Å². The third kappa shape index (κ3) is 0.796. The summed E-state index contributed by atoms with van der Waals surface area (Å²) in [4.78, 5) is 8.67. The number of benzene rings is 1. The van der Waals surface area contributed by atoms with Crippen molar-refractivity contribution in [3.8, 4) is 0 Å². The molecule has 4 heteroatoms. The number of aryl methyl sites for hydroxylation is 1. The molecule has 0 amide bonds. The molecule has 2 N–H and O–H groups in total. The van der Waals surface area contributed by atoms with E-state index in [1.807, 2.05) is 25.3 Å². The van der Waals surface area contributed by atoms with E-state index in [9.17, 15) is 0 Å². The molecule has 2 aromatic heterocycles. The quantitative estimate of drug-likeness (QED) is 0.542. The van der Waals surface area contributed by atoms with Crippen LogP contribution in [0.5, 0.6) is 0 Å². The molecule has 0 aliphatic heterocycles. The van der Waals surface area contributed by atoms with E-state index >= 15 is 0 Å². The number of imidazole rings is 1. The first-order chi connectivity index (χ1) is 6.34. The lowest BCUT2D eigenvalue weighted by atomic mass is 10.2. The van der Waals surface area contributed by atoms with E-state index < -0.39 is 0 Å². The zero-order chi connectivity index (χ0) is 8.84. The summed E-state index contributed by atoms with van der Waals surface area (Å²) in [6.45, 7) is 1.90. The topological polar surface area (TPSA) is 57.4 Å². The molecule has 3 aromatic rings. The summed E-state index contributed by atoms with van der Waals surface area (Å²) in [6, 6.07) is 3.98. The average Bonchev–Trinajstić information content (AvgIpc) is 2.65. The van der Waals surface area contributed by atoms with Crippen LogP contribution in [-0.2, 0) is 0 Å². The van der Waals surface area contributed by atoms with Crippen LogP contribution in [0.1, 0.15) is 5.82 Å². The van der Waals surface area contributed by atoms with Crippen LogP contribution < -0.4 is 0 Å². The molecule has 0 atom stereocenters. The Labute approximate surface area is 74.0 Å². The number of aromatic nitrogens is 4. The lowest BCUT2D eigenvalue weighted by molar-refractivity contribution is 1.12. The predicted octanol–water partition coefficient (Wildman–Crippen LogP) is 1.75. The van der Waals surface area contributed by atoms with E-state index in [-0.39, 0.29) is 0 Å². The first kappa shape index (κ1) is 6.65. The maximum Gasteiger partial charge on any atom is 0.126 e. The molecule has 0 fully saturated rings. The molecule has 4 nitrogen and oxygen atoms in total. The molecular weight excluding hydrogens is 164 g/mol. The Kier molecular flexibility index (Phi) is 1.07. The molecule has 1 aromatic carbocycles. The fraction of sp³-hybridized carbons (Fsp3) is 0.111. The normalized spacial score (nSPS) is 11.5. The Bertz CT molecular complexity index is 575. The van der Waals surface area contributed by atoms with E-state index in [4.69, 9.17) is 0 Å². The van der Waals surface area contributed by atoms with Crippen LogP contribution in [0.25, 0.3) is 21.9 Å². The molecule has 0 aliphatic rings. The van der Waals surface area contributed by atoms with Gasteiger partial charge in [-0.25, -0.2) is 9.97 Å². The van der Waals surface area contributed by atoms with Crippen molar-refractivity contribution in [2.24, 2.45) is 0 Å². The van der Waals surface area contributed by atoms with Crippen LogP contribution >= 0.6 is 0 Å². The van der Waals surface area contributed by atoms with Gasteiger partial charge in [0.25, 0.3) is 0 Å². The zero-order valence-corrected chi connectivity index (χ0v) is 7.13. The Hall–Kier alpha value is -1.84. The van der Waals surface area contributed by atoms with E-state index in [2.05, 4.69) is 20.2 Å². The second kappa shape index (κ2) is 2.10. The minimum atomic E-state index is 0.823. The van der Waals surface area contributed by atoms with E-state index in [1.165, 1.54) is 0 Å². The van der Waals surface area contributed by atoms with Gasteiger partial charge in [0, 0.05) is 11.6 Å². The first-order valence-electron chi connectivity index (χ1n) is 4.13. The van der Waals surface area contributed by atoms with Crippen molar-refractivity contribution < 1.29 is 0 Å². The summed E-state index contributed by atoms with van der Waals surface area (Å²) in [7, 11) is 0. The minimum Gasteiger partial charge on any atom is -0.307 e. The lowest BCUT2D eigenvalue weighted by Gasteiger charge is -1.87. The Morgan fingerprint density at radius 1 is 1.23 bits per heavy atom. The number of aromatic amines is 2. The fourth-order valence-electron chi connectivity index (χ4n) is 1.61. The van der Waals surface area contributed by atoms with E-state index in [0.717, 1.165) is 27.8 Å². The van der Waals surface area contributed by atoms with Gasteiger partial charge in [-0.05, 0) is 19.1 Å². The minimum absolute atomic E-state index is 0.823. The fourth-order valence-corrected chi connectivity index (χ4v) is 1.61. The van der Waals surface area contributed by atoms with Crippen LogP contribution in [0.3, 0.4) is 0 Å². The van der Waals surface area contributed by atoms with Crippen molar-refractivity contribution in [2.45, 2.75) is 6.92 Å². The number of fused-ring (bicyclic) bond motifs is 3. The SMILES string of the molecule is Cc1nc2ccc3[nH][nH]cc3c2n1. The summed E-state index contributed by atoms with van der Waals surface area (Å²) in [6.07, 6.45) is 1.91. The van der Waals surface area contributed by atoms with Gasteiger partial charge in [-0.15, -0.1) is 0 Å². The Morgan fingerprint density at radius 3 is 3.08 bits per heavy atom. The maximum absolute atomic E-state index is 4.36. The van der Waals surface area contributed by atoms with Crippen LogP contribution in [-0.4, -0.2) is 20.2 Å². The van der Waals surface area contributed by atoms with Crippen LogP contribution in [0.15, 0.2) is 18.3 Å². The van der Waals surface area contributed by atoms with Crippen molar-refractivity contribution in [1.29, 1.82) is 0 Å². The third-order valence-electron chi connectivity index (χ3n) is 2.17. The van der Waals surface area contributed by atoms with E-state index in [1.54, 1.807) is 0 Å². The van der Waals surface area contributed by atoms with Crippen molar-refractivity contribution in [3.63, 3.8) is 0 Å². The zero-order valence-electron chi connectivity index (χ0n) is 7.13. The number of nitrogens with one attached hydrogen (secondary N) is 2. The van der Waals surface area contributed by atoms with Crippen molar-refractivity contribution in [3.05, 3.63) is 24.2 Å². The lowest BCUT2D eigenvalue weighted by Crippen LogP contribution is -1.71. The molecule has 0 spiro atoms. The molecule has 13 heavy (non-hydrogen) atoms. The number of H-pyrrole nitrogens is 2. The van der Waals surface area contributed by atoms with Crippen molar-refractivity contribution in [2.75, 3.05) is 0 Å². The Balaban J connectivity index is 2.64. The largest absolute Gasteiger partial charge is 0.307 e. The second-order valence-electron chi connectivity index (χ2n) is 3.08. The number of hydrogen-bond acceptors (Lipinski definition) is 2. The highest BCUT2D eigenvalue weighted by molar-refractivity contribution is 6.02. The summed E-state index contributed by atoms with van der Waals surface area (Å²) >= 11 is 0. The molecular formula is C9H8N4. The molecule has 0 bridgehead atoms. The molecule has 0 unspecified atom stereocenters.